The predicted molar refractivity (Wildman–Crippen MR) is 77.1 cm³/mol. The molecule has 1 saturated carbocycles. The van der Waals surface area contributed by atoms with E-state index < -0.39 is 0 Å². The molecule has 1 aromatic rings. The third-order valence-electron chi connectivity index (χ3n) is 3.95. The van der Waals surface area contributed by atoms with Crippen LogP contribution in [0.4, 0.5) is 0 Å². The van der Waals surface area contributed by atoms with Gasteiger partial charge in [0.15, 0.2) is 0 Å². The molecule has 2 fully saturated rings. The largest absolute Gasteiger partial charge is 0.379 e. The van der Waals surface area contributed by atoms with Crippen LogP contribution in [0.3, 0.4) is 0 Å². The van der Waals surface area contributed by atoms with Crippen LogP contribution in [0.25, 0.3) is 0 Å². The third-order valence-corrected chi connectivity index (χ3v) is 3.95. The van der Waals surface area contributed by atoms with E-state index in [1.165, 1.54) is 11.1 Å². The van der Waals surface area contributed by atoms with E-state index in [0.29, 0.717) is 6.54 Å². The quantitative estimate of drug-likeness (QED) is 0.885. The Balaban J connectivity index is 1.47. The maximum atomic E-state index is 11.6. The van der Waals surface area contributed by atoms with E-state index in [4.69, 9.17) is 4.74 Å². The summed E-state index contributed by atoms with van der Waals surface area (Å²) in [5, 5.41) is 3.00. The zero-order valence-corrected chi connectivity index (χ0v) is 11.8. The predicted octanol–water partition coefficient (Wildman–Crippen LogP) is 1.54. The lowest BCUT2D eigenvalue weighted by atomic mass is 10.1. The molecule has 0 aromatic heterocycles. The summed E-state index contributed by atoms with van der Waals surface area (Å²) in [6.07, 6.45) is 2.12. The van der Waals surface area contributed by atoms with Crippen LogP contribution in [0.2, 0.25) is 0 Å². The number of nitrogens with zero attached hydrogens (tertiary/aromatic N) is 1. The van der Waals surface area contributed by atoms with E-state index in [2.05, 4.69) is 34.5 Å². The lowest BCUT2D eigenvalue weighted by molar-refractivity contribution is -0.122. The zero-order chi connectivity index (χ0) is 13.8. The van der Waals surface area contributed by atoms with Crippen molar-refractivity contribution < 1.29 is 9.53 Å². The second kappa shape index (κ2) is 6.37. The maximum Gasteiger partial charge on any atom is 0.223 e. The fourth-order valence-electron chi connectivity index (χ4n) is 2.46. The molecule has 3 rings (SSSR count). The molecule has 1 heterocycles. The van der Waals surface area contributed by atoms with Crippen LogP contribution in [-0.4, -0.2) is 37.1 Å². The highest BCUT2D eigenvalue weighted by Gasteiger charge is 2.29. The van der Waals surface area contributed by atoms with Crippen LogP contribution < -0.4 is 5.32 Å². The molecule has 0 spiro atoms. The molecule has 4 heteroatoms. The lowest BCUT2D eigenvalue weighted by Crippen LogP contribution is -2.35. The van der Waals surface area contributed by atoms with Crippen LogP contribution in [-0.2, 0) is 22.6 Å². The fourth-order valence-corrected chi connectivity index (χ4v) is 2.46. The second-order valence-electron chi connectivity index (χ2n) is 5.70. The standard InChI is InChI=1S/C16H22N2O2/c19-16(15-5-6-15)17-11-13-1-3-14(4-2-13)12-18-7-9-20-10-8-18/h1-4,15H,5-12H2,(H,17,19). The van der Waals surface area contributed by atoms with Crippen molar-refractivity contribution in [1.29, 1.82) is 0 Å². The number of nitrogens with one attached hydrogen (secondary N) is 1. The second-order valence-corrected chi connectivity index (χ2v) is 5.70. The highest BCUT2D eigenvalue weighted by atomic mass is 16.5. The topological polar surface area (TPSA) is 41.6 Å². The summed E-state index contributed by atoms with van der Waals surface area (Å²) in [6.45, 7) is 5.33. The molecule has 1 aliphatic heterocycles. The number of benzene rings is 1. The number of ether oxygens (including phenoxy) is 1. The summed E-state index contributed by atoms with van der Waals surface area (Å²) in [4.78, 5) is 14.0. The zero-order valence-electron chi connectivity index (χ0n) is 11.8. The van der Waals surface area contributed by atoms with Gasteiger partial charge in [-0.15, -0.1) is 0 Å². The van der Waals surface area contributed by atoms with Crippen molar-refractivity contribution in [2.24, 2.45) is 5.92 Å². The van der Waals surface area contributed by atoms with Crippen molar-refractivity contribution in [2.45, 2.75) is 25.9 Å². The fraction of sp³-hybridized carbons (Fsp3) is 0.562. The van der Waals surface area contributed by atoms with Gasteiger partial charge in [0.05, 0.1) is 13.2 Å². The molecule has 0 atom stereocenters. The first kappa shape index (κ1) is 13.6. The number of carbonyl (C=O) groups is 1. The summed E-state index contributed by atoms with van der Waals surface area (Å²) in [5.74, 6) is 0.498. The Morgan fingerprint density at radius 3 is 2.45 bits per heavy atom. The molecule has 4 nitrogen and oxygen atoms in total. The van der Waals surface area contributed by atoms with Crippen LogP contribution in [0, 0.1) is 5.92 Å². The highest BCUT2D eigenvalue weighted by Crippen LogP contribution is 2.28. The normalized spacial score (nSPS) is 19.8. The minimum Gasteiger partial charge on any atom is -0.379 e. The SMILES string of the molecule is O=C(NCc1ccc(CN2CCOCC2)cc1)C1CC1. The summed E-state index contributed by atoms with van der Waals surface area (Å²) < 4.78 is 5.35. The van der Waals surface area contributed by atoms with E-state index in [-0.39, 0.29) is 11.8 Å². The number of amides is 1. The van der Waals surface area contributed by atoms with Gasteiger partial charge in [-0.1, -0.05) is 24.3 Å². The molecule has 0 radical (unpaired) electrons. The molecule has 1 aromatic carbocycles. The first-order valence-corrected chi connectivity index (χ1v) is 7.47. The molecule has 1 saturated heterocycles. The van der Waals surface area contributed by atoms with Gasteiger partial charge in [-0.3, -0.25) is 9.69 Å². The lowest BCUT2D eigenvalue weighted by Gasteiger charge is -2.26. The third kappa shape index (κ3) is 3.81. The average molecular weight is 274 g/mol. The Hall–Kier alpha value is -1.39. The van der Waals surface area contributed by atoms with Crippen molar-refractivity contribution in [3.63, 3.8) is 0 Å². The summed E-state index contributed by atoms with van der Waals surface area (Å²) >= 11 is 0. The van der Waals surface area contributed by atoms with Crippen LogP contribution in [0.5, 0.6) is 0 Å². The van der Waals surface area contributed by atoms with Gasteiger partial charge in [0.2, 0.25) is 5.91 Å². The summed E-state index contributed by atoms with van der Waals surface area (Å²) in [6, 6.07) is 8.55. The highest BCUT2D eigenvalue weighted by molar-refractivity contribution is 5.80. The molecule has 108 valence electrons. The Morgan fingerprint density at radius 2 is 1.80 bits per heavy atom. The van der Waals surface area contributed by atoms with Gasteiger partial charge in [-0.2, -0.15) is 0 Å². The van der Waals surface area contributed by atoms with Gasteiger partial charge >= 0.3 is 0 Å². The van der Waals surface area contributed by atoms with Crippen LogP contribution in [0.15, 0.2) is 24.3 Å². The van der Waals surface area contributed by atoms with Crippen LogP contribution in [0.1, 0.15) is 24.0 Å². The van der Waals surface area contributed by atoms with Gasteiger partial charge < -0.3 is 10.1 Å². The molecule has 0 bridgehead atoms. The van der Waals surface area contributed by atoms with Crippen molar-refractivity contribution in [1.82, 2.24) is 10.2 Å². The van der Waals surface area contributed by atoms with E-state index in [1.54, 1.807) is 0 Å². The van der Waals surface area contributed by atoms with Crippen LogP contribution >= 0.6 is 0 Å². The molecule has 20 heavy (non-hydrogen) atoms. The smallest absolute Gasteiger partial charge is 0.223 e. The maximum absolute atomic E-state index is 11.6. The molecular weight excluding hydrogens is 252 g/mol. The number of hydrogen-bond acceptors (Lipinski definition) is 3. The molecule has 0 unspecified atom stereocenters. The van der Waals surface area contributed by atoms with E-state index in [0.717, 1.165) is 45.7 Å². The van der Waals surface area contributed by atoms with Crippen molar-refractivity contribution >= 4 is 5.91 Å². The first-order chi connectivity index (χ1) is 9.81. The van der Waals surface area contributed by atoms with E-state index in [1.807, 2.05) is 0 Å². The van der Waals surface area contributed by atoms with Gasteiger partial charge in [0.25, 0.3) is 0 Å². The molecule has 2 aliphatic rings. The van der Waals surface area contributed by atoms with E-state index in [9.17, 15) is 4.79 Å². The Bertz CT molecular complexity index is 448. The van der Waals surface area contributed by atoms with Gasteiger partial charge in [0, 0.05) is 32.1 Å². The minimum absolute atomic E-state index is 0.211. The van der Waals surface area contributed by atoms with Crippen molar-refractivity contribution in [3.8, 4) is 0 Å². The number of carbonyl (C=O) groups excluding carboxylic acids is 1. The summed E-state index contributed by atoms with van der Waals surface area (Å²) in [7, 11) is 0. The molecular formula is C16H22N2O2. The van der Waals surface area contributed by atoms with Gasteiger partial charge in [-0.05, 0) is 24.0 Å². The van der Waals surface area contributed by atoms with E-state index >= 15 is 0 Å². The Labute approximate surface area is 120 Å². The van der Waals surface area contributed by atoms with Gasteiger partial charge in [-0.25, -0.2) is 0 Å². The monoisotopic (exact) mass is 274 g/mol. The number of rotatable bonds is 5. The minimum atomic E-state index is 0.211. The van der Waals surface area contributed by atoms with Crippen molar-refractivity contribution in [3.05, 3.63) is 35.4 Å². The average Bonchev–Trinajstić information content (AvgIpc) is 3.32. The Kier molecular flexibility index (Phi) is 4.33. The number of hydrogen-bond donors (Lipinski definition) is 1. The van der Waals surface area contributed by atoms with Crippen molar-refractivity contribution in [2.75, 3.05) is 26.3 Å². The molecule has 1 N–H and O–H groups in total. The molecule has 1 amide bonds. The Morgan fingerprint density at radius 1 is 1.15 bits per heavy atom. The molecule has 1 aliphatic carbocycles. The van der Waals surface area contributed by atoms with Gasteiger partial charge in [0.1, 0.15) is 0 Å². The first-order valence-electron chi connectivity index (χ1n) is 7.47. The number of morpholine rings is 1. The summed E-state index contributed by atoms with van der Waals surface area (Å²) in [5.41, 5.74) is 2.49.